The molecule has 0 aliphatic carbocycles. The molecular weight excluding hydrogens is 380 g/mol. The number of hydrogen-bond donors (Lipinski definition) is 3. The smallest absolute Gasteiger partial charge is 0.347 e. The van der Waals surface area contributed by atoms with Crippen LogP contribution in [0.2, 0.25) is 0 Å². The van der Waals surface area contributed by atoms with E-state index in [1.165, 1.54) is 12.1 Å². The van der Waals surface area contributed by atoms with Crippen LogP contribution in [-0.2, 0) is 12.8 Å². The maximum absolute atomic E-state index is 12.6. The van der Waals surface area contributed by atoms with E-state index in [1.807, 2.05) is 6.07 Å². The minimum atomic E-state index is -0.821. The van der Waals surface area contributed by atoms with Gasteiger partial charge < -0.3 is 20.1 Å². The van der Waals surface area contributed by atoms with Crippen molar-refractivity contribution in [3.8, 4) is 23.0 Å². The third-order valence-electron chi connectivity index (χ3n) is 5.34. The number of phenols is 3. The van der Waals surface area contributed by atoms with E-state index in [-0.39, 0.29) is 22.8 Å². The standard InChI is InChI=1S/C25H34O5/c1-3-5-7-9-12-18-14-11-15-21(22(18)26)30-25(29)20-17-16-19(23(27)24(20)28)13-10-8-6-4-2/h11,14-17,26-28H,3-10,12-13H2,1-2H3. The number of para-hydroxylation sites is 1. The van der Waals surface area contributed by atoms with E-state index in [1.54, 1.807) is 12.1 Å². The maximum atomic E-state index is 12.6. The number of aromatic hydroxyl groups is 3. The van der Waals surface area contributed by atoms with Gasteiger partial charge in [0.15, 0.2) is 23.0 Å². The highest BCUT2D eigenvalue weighted by molar-refractivity contribution is 5.95. The summed E-state index contributed by atoms with van der Waals surface area (Å²) in [7, 11) is 0. The maximum Gasteiger partial charge on any atom is 0.347 e. The molecular formula is C25H34O5. The minimum absolute atomic E-state index is 0.0514. The Bertz CT molecular complexity index is 829. The number of carbonyl (C=O) groups is 1. The molecule has 0 amide bonds. The van der Waals surface area contributed by atoms with Gasteiger partial charge in [-0.15, -0.1) is 0 Å². The third kappa shape index (κ3) is 6.41. The van der Waals surface area contributed by atoms with E-state index < -0.39 is 11.7 Å². The lowest BCUT2D eigenvalue weighted by atomic mass is 10.0. The lowest BCUT2D eigenvalue weighted by Gasteiger charge is -2.12. The molecule has 0 aromatic heterocycles. The molecule has 30 heavy (non-hydrogen) atoms. The first-order valence-corrected chi connectivity index (χ1v) is 11.1. The van der Waals surface area contributed by atoms with Gasteiger partial charge in [-0.05, 0) is 48.9 Å². The molecule has 0 saturated heterocycles. The van der Waals surface area contributed by atoms with Gasteiger partial charge in [-0.3, -0.25) is 0 Å². The molecule has 0 aliphatic heterocycles. The lowest BCUT2D eigenvalue weighted by molar-refractivity contribution is 0.0725. The second-order valence-electron chi connectivity index (χ2n) is 7.74. The fraction of sp³-hybridized carbons (Fsp3) is 0.480. The van der Waals surface area contributed by atoms with Crippen molar-refractivity contribution in [2.75, 3.05) is 0 Å². The summed E-state index contributed by atoms with van der Waals surface area (Å²) in [4.78, 5) is 12.6. The van der Waals surface area contributed by atoms with E-state index in [2.05, 4.69) is 13.8 Å². The summed E-state index contributed by atoms with van der Waals surface area (Å²) in [5.74, 6) is -1.59. The second-order valence-corrected chi connectivity index (χ2v) is 7.74. The summed E-state index contributed by atoms with van der Waals surface area (Å²) in [5, 5.41) is 31.0. The number of carbonyl (C=O) groups excluding carboxylic acids is 1. The molecule has 0 spiro atoms. The number of benzene rings is 2. The number of ether oxygens (including phenoxy) is 1. The molecule has 2 rings (SSSR count). The highest BCUT2D eigenvalue weighted by atomic mass is 16.5. The molecule has 0 fully saturated rings. The monoisotopic (exact) mass is 414 g/mol. The van der Waals surface area contributed by atoms with Gasteiger partial charge in [-0.25, -0.2) is 4.79 Å². The molecule has 2 aromatic rings. The van der Waals surface area contributed by atoms with Crippen LogP contribution in [0.1, 0.15) is 86.7 Å². The Labute approximate surface area is 179 Å². The van der Waals surface area contributed by atoms with Crippen LogP contribution in [-0.4, -0.2) is 21.3 Å². The van der Waals surface area contributed by atoms with Crippen molar-refractivity contribution in [2.45, 2.75) is 78.1 Å². The van der Waals surface area contributed by atoms with Crippen LogP contribution in [0.3, 0.4) is 0 Å². The van der Waals surface area contributed by atoms with Crippen LogP contribution >= 0.6 is 0 Å². The van der Waals surface area contributed by atoms with E-state index >= 15 is 0 Å². The van der Waals surface area contributed by atoms with Crippen LogP contribution in [0.15, 0.2) is 30.3 Å². The van der Waals surface area contributed by atoms with Crippen molar-refractivity contribution in [3.63, 3.8) is 0 Å². The molecule has 0 heterocycles. The number of rotatable bonds is 12. The largest absolute Gasteiger partial charge is 0.504 e. The average molecular weight is 415 g/mol. The van der Waals surface area contributed by atoms with Crippen molar-refractivity contribution in [1.29, 1.82) is 0 Å². The first-order valence-electron chi connectivity index (χ1n) is 11.1. The Morgan fingerprint density at radius 3 is 1.93 bits per heavy atom. The molecule has 0 saturated carbocycles. The fourth-order valence-corrected chi connectivity index (χ4v) is 3.48. The van der Waals surface area contributed by atoms with Gasteiger partial charge in [0, 0.05) is 0 Å². The molecule has 0 aliphatic rings. The quantitative estimate of drug-likeness (QED) is 0.165. The van der Waals surface area contributed by atoms with Gasteiger partial charge in [-0.1, -0.05) is 70.6 Å². The molecule has 164 valence electrons. The lowest BCUT2D eigenvalue weighted by Crippen LogP contribution is -2.09. The van der Waals surface area contributed by atoms with Gasteiger partial charge in [0.1, 0.15) is 5.56 Å². The molecule has 0 atom stereocenters. The van der Waals surface area contributed by atoms with Crippen LogP contribution in [0.4, 0.5) is 0 Å². The second kappa shape index (κ2) is 12.1. The summed E-state index contributed by atoms with van der Waals surface area (Å²) in [6.07, 6.45) is 9.85. The molecule has 5 nitrogen and oxygen atoms in total. The molecule has 0 unspecified atom stereocenters. The Kier molecular flexibility index (Phi) is 9.52. The Balaban J connectivity index is 2.08. The first kappa shape index (κ1) is 23.6. The molecule has 2 aromatic carbocycles. The van der Waals surface area contributed by atoms with Crippen molar-refractivity contribution in [1.82, 2.24) is 0 Å². The fourth-order valence-electron chi connectivity index (χ4n) is 3.48. The van der Waals surface area contributed by atoms with E-state index in [4.69, 9.17) is 4.74 Å². The van der Waals surface area contributed by atoms with Crippen LogP contribution < -0.4 is 4.74 Å². The minimum Gasteiger partial charge on any atom is -0.504 e. The SMILES string of the molecule is CCCCCCc1cccc(OC(=O)c2ccc(CCCCCC)c(O)c2O)c1O. The van der Waals surface area contributed by atoms with Gasteiger partial charge >= 0.3 is 5.97 Å². The third-order valence-corrected chi connectivity index (χ3v) is 5.34. The van der Waals surface area contributed by atoms with Gasteiger partial charge in [-0.2, -0.15) is 0 Å². The Morgan fingerprint density at radius 2 is 1.33 bits per heavy atom. The zero-order chi connectivity index (χ0) is 21.9. The van der Waals surface area contributed by atoms with Crippen LogP contribution in [0.5, 0.6) is 23.0 Å². The van der Waals surface area contributed by atoms with Crippen molar-refractivity contribution < 1.29 is 24.9 Å². The molecule has 0 radical (unpaired) electrons. The highest BCUT2D eigenvalue weighted by Gasteiger charge is 2.20. The molecule has 3 N–H and O–H groups in total. The average Bonchev–Trinajstić information content (AvgIpc) is 2.74. The summed E-state index contributed by atoms with van der Waals surface area (Å²) in [5.41, 5.74) is 1.21. The number of aryl methyl sites for hydroxylation is 2. The number of esters is 1. The van der Waals surface area contributed by atoms with E-state index in [0.717, 1.165) is 56.9 Å². The predicted molar refractivity (Wildman–Crippen MR) is 119 cm³/mol. The summed E-state index contributed by atoms with van der Waals surface area (Å²) >= 11 is 0. The first-order chi connectivity index (χ1) is 14.5. The van der Waals surface area contributed by atoms with Crippen LogP contribution in [0, 0.1) is 0 Å². The Morgan fingerprint density at radius 1 is 0.733 bits per heavy atom. The van der Waals surface area contributed by atoms with Gasteiger partial charge in [0.2, 0.25) is 0 Å². The van der Waals surface area contributed by atoms with Gasteiger partial charge in [0.25, 0.3) is 0 Å². The summed E-state index contributed by atoms with van der Waals surface area (Å²) < 4.78 is 5.33. The van der Waals surface area contributed by atoms with Crippen LogP contribution in [0.25, 0.3) is 0 Å². The van der Waals surface area contributed by atoms with Crippen molar-refractivity contribution >= 4 is 5.97 Å². The molecule has 0 bridgehead atoms. The van der Waals surface area contributed by atoms with Crippen molar-refractivity contribution in [2.24, 2.45) is 0 Å². The highest BCUT2D eigenvalue weighted by Crippen LogP contribution is 2.36. The normalized spacial score (nSPS) is 10.9. The number of hydrogen-bond acceptors (Lipinski definition) is 5. The van der Waals surface area contributed by atoms with E-state index in [9.17, 15) is 20.1 Å². The zero-order valence-corrected chi connectivity index (χ0v) is 18.1. The number of phenolic OH excluding ortho intramolecular Hbond substituents is 3. The Hall–Kier alpha value is -2.69. The van der Waals surface area contributed by atoms with Gasteiger partial charge in [0.05, 0.1) is 0 Å². The predicted octanol–water partition coefficient (Wildman–Crippen LogP) is 6.27. The van der Waals surface area contributed by atoms with Crippen molar-refractivity contribution in [3.05, 3.63) is 47.0 Å². The summed E-state index contributed by atoms with van der Waals surface area (Å²) in [6, 6.07) is 8.16. The number of unbranched alkanes of at least 4 members (excludes halogenated alkanes) is 6. The summed E-state index contributed by atoms with van der Waals surface area (Å²) in [6.45, 7) is 4.27. The molecule has 5 heteroatoms. The zero-order valence-electron chi connectivity index (χ0n) is 18.1. The van der Waals surface area contributed by atoms with E-state index in [0.29, 0.717) is 18.4 Å². The topological polar surface area (TPSA) is 87.0 Å².